The van der Waals surface area contributed by atoms with Crippen LogP contribution in [0.3, 0.4) is 0 Å². The van der Waals surface area contributed by atoms with Gasteiger partial charge in [-0.1, -0.05) is 18.2 Å². The number of fused-ring (bicyclic) bond motifs is 1. The Kier molecular flexibility index (Phi) is 3.26. The topological polar surface area (TPSA) is 3.24 Å². The number of nitrogens with zero attached hydrogens (tertiary/aromatic N) is 1. The zero-order chi connectivity index (χ0) is 12.6. The highest BCUT2D eigenvalue weighted by atomic mass is 19.1. The highest BCUT2D eigenvalue weighted by molar-refractivity contribution is 5.38. The third-order valence-corrected chi connectivity index (χ3v) is 3.95. The molecule has 1 aliphatic heterocycles. The van der Waals surface area contributed by atoms with Crippen LogP contribution in [0.4, 0.5) is 4.39 Å². The molecule has 0 aromatic heterocycles. The zero-order valence-corrected chi connectivity index (χ0v) is 11.3. The molecule has 1 aromatic carbocycles. The SMILES string of the molecule is CC(C)N1CCc2cc(CF)ccc2C1(C)C. The van der Waals surface area contributed by atoms with Crippen molar-refractivity contribution in [2.45, 2.75) is 52.4 Å². The predicted octanol–water partition coefficient (Wildman–Crippen LogP) is 3.66. The Morgan fingerprint density at radius 2 is 2.06 bits per heavy atom. The van der Waals surface area contributed by atoms with E-state index < -0.39 is 0 Å². The average molecular weight is 235 g/mol. The van der Waals surface area contributed by atoms with Crippen molar-refractivity contribution in [3.63, 3.8) is 0 Å². The number of hydrogen-bond acceptors (Lipinski definition) is 1. The summed E-state index contributed by atoms with van der Waals surface area (Å²) in [5, 5.41) is 0. The number of hydrogen-bond donors (Lipinski definition) is 0. The first-order chi connectivity index (χ1) is 7.96. The molecular weight excluding hydrogens is 213 g/mol. The number of benzene rings is 1. The van der Waals surface area contributed by atoms with Gasteiger partial charge < -0.3 is 0 Å². The van der Waals surface area contributed by atoms with Crippen LogP contribution in [-0.4, -0.2) is 17.5 Å². The molecule has 0 amide bonds. The van der Waals surface area contributed by atoms with Crippen LogP contribution in [0, 0.1) is 0 Å². The van der Waals surface area contributed by atoms with E-state index in [1.807, 2.05) is 12.1 Å². The van der Waals surface area contributed by atoms with Gasteiger partial charge in [-0.2, -0.15) is 0 Å². The zero-order valence-electron chi connectivity index (χ0n) is 11.3. The molecule has 0 spiro atoms. The standard InChI is InChI=1S/C15H22FN/c1-11(2)17-8-7-13-9-12(10-16)5-6-14(13)15(17,3)4/h5-6,9,11H,7-8,10H2,1-4H3. The van der Waals surface area contributed by atoms with Crippen molar-refractivity contribution in [1.29, 1.82) is 0 Å². The lowest BCUT2D eigenvalue weighted by atomic mass is 9.82. The minimum atomic E-state index is -0.360. The Balaban J connectivity index is 2.43. The molecule has 0 atom stereocenters. The average Bonchev–Trinajstić information content (AvgIpc) is 2.27. The molecule has 2 heteroatoms. The van der Waals surface area contributed by atoms with Gasteiger partial charge in [-0.3, -0.25) is 4.90 Å². The minimum absolute atomic E-state index is 0.0522. The van der Waals surface area contributed by atoms with Gasteiger partial charge in [0, 0.05) is 18.1 Å². The molecule has 0 saturated carbocycles. The molecule has 0 radical (unpaired) electrons. The summed E-state index contributed by atoms with van der Waals surface area (Å²) in [6.07, 6.45) is 1.03. The first-order valence-corrected chi connectivity index (χ1v) is 6.42. The van der Waals surface area contributed by atoms with Crippen LogP contribution in [0.25, 0.3) is 0 Å². The molecule has 0 saturated heterocycles. The third-order valence-electron chi connectivity index (χ3n) is 3.95. The largest absolute Gasteiger partial charge is 0.291 e. The number of alkyl halides is 1. The van der Waals surface area contributed by atoms with E-state index in [4.69, 9.17) is 0 Å². The van der Waals surface area contributed by atoms with Crippen LogP contribution in [0.15, 0.2) is 18.2 Å². The Labute approximate surface area is 104 Å². The summed E-state index contributed by atoms with van der Waals surface area (Å²) in [6.45, 7) is 9.71. The second-order valence-electron chi connectivity index (χ2n) is 5.72. The Bertz CT molecular complexity index is 409. The van der Waals surface area contributed by atoms with E-state index in [-0.39, 0.29) is 12.2 Å². The maximum absolute atomic E-state index is 12.7. The second kappa shape index (κ2) is 4.41. The highest BCUT2D eigenvalue weighted by Gasteiger charge is 2.35. The molecule has 0 unspecified atom stereocenters. The van der Waals surface area contributed by atoms with Gasteiger partial charge in [0.05, 0.1) is 0 Å². The van der Waals surface area contributed by atoms with E-state index in [1.54, 1.807) is 0 Å². The summed E-state index contributed by atoms with van der Waals surface area (Å²) in [5.41, 5.74) is 3.53. The third kappa shape index (κ3) is 2.11. The summed E-state index contributed by atoms with van der Waals surface area (Å²) >= 11 is 0. The molecule has 0 N–H and O–H groups in total. The first-order valence-electron chi connectivity index (χ1n) is 6.42. The van der Waals surface area contributed by atoms with Gasteiger partial charge in [0.2, 0.25) is 0 Å². The molecule has 0 fully saturated rings. The van der Waals surface area contributed by atoms with Crippen molar-refractivity contribution < 1.29 is 4.39 Å². The van der Waals surface area contributed by atoms with Gasteiger partial charge in [0.1, 0.15) is 6.67 Å². The first kappa shape index (κ1) is 12.6. The quantitative estimate of drug-likeness (QED) is 0.756. The van der Waals surface area contributed by atoms with E-state index in [0.29, 0.717) is 6.04 Å². The molecule has 1 aliphatic rings. The van der Waals surface area contributed by atoms with Gasteiger partial charge in [0.25, 0.3) is 0 Å². The van der Waals surface area contributed by atoms with Gasteiger partial charge in [-0.05, 0) is 50.8 Å². The summed E-state index contributed by atoms with van der Waals surface area (Å²) in [7, 11) is 0. The Hall–Kier alpha value is -0.890. The predicted molar refractivity (Wildman–Crippen MR) is 69.8 cm³/mol. The van der Waals surface area contributed by atoms with E-state index in [2.05, 4.69) is 38.7 Å². The molecule has 1 aromatic rings. The fraction of sp³-hybridized carbons (Fsp3) is 0.600. The molecule has 2 rings (SSSR count). The van der Waals surface area contributed by atoms with E-state index >= 15 is 0 Å². The number of rotatable bonds is 2. The fourth-order valence-electron chi connectivity index (χ4n) is 3.11. The maximum Gasteiger partial charge on any atom is 0.115 e. The monoisotopic (exact) mass is 235 g/mol. The lowest BCUT2D eigenvalue weighted by molar-refractivity contribution is 0.0722. The van der Waals surface area contributed by atoms with Crippen LogP contribution in [0.1, 0.15) is 44.4 Å². The van der Waals surface area contributed by atoms with E-state index in [9.17, 15) is 4.39 Å². The fourth-order valence-corrected chi connectivity index (χ4v) is 3.11. The second-order valence-corrected chi connectivity index (χ2v) is 5.72. The lowest BCUT2D eigenvalue weighted by Crippen LogP contribution is -2.50. The van der Waals surface area contributed by atoms with Crippen molar-refractivity contribution >= 4 is 0 Å². The molecule has 17 heavy (non-hydrogen) atoms. The molecule has 94 valence electrons. The summed E-state index contributed by atoms with van der Waals surface area (Å²) in [4.78, 5) is 2.52. The van der Waals surface area contributed by atoms with Gasteiger partial charge in [0.15, 0.2) is 0 Å². The van der Waals surface area contributed by atoms with E-state index in [0.717, 1.165) is 18.5 Å². The van der Waals surface area contributed by atoms with Crippen molar-refractivity contribution in [2.24, 2.45) is 0 Å². The van der Waals surface area contributed by atoms with Crippen LogP contribution < -0.4 is 0 Å². The van der Waals surface area contributed by atoms with E-state index in [1.165, 1.54) is 11.1 Å². The van der Waals surface area contributed by atoms with Crippen LogP contribution >= 0.6 is 0 Å². The highest BCUT2D eigenvalue weighted by Crippen LogP contribution is 2.36. The van der Waals surface area contributed by atoms with Gasteiger partial charge in [-0.25, -0.2) is 4.39 Å². The van der Waals surface area contributed by atoms with Gasteiger partial charge >= 0.3 is 0 Å². The summed E-state index contributed by atoms with van der Waals surface area (Å²) in [6, 6.07) is 6.61. The van der Waals surface area contributed by atoms with Crippen LogP contribution in [0.5, 0.6) is 0 Å². The normalized spacial score (nSPS) is 19.4. The van der Waals surface area contributed by atoms with Crippen LogP contribution in [-0.2, 0) is 18.6 Å². The van der Waals surface area contributed by atoms with Crippen molar-refractivity contribution in [1.82, 2.24) is 4.90 Å². The molecule has 0 bridgehead atoms. The Morgan fingerprint density at radius 1 is 1.35 bits per heavy atom. The smallest absolute Gasteiger partial charge is 0.115 e. The number of halogens is 1. The molecule has 1 nitrogen and oxygen atoms in total. The molecule has 0 aliphatic carbocycles. The van der Waals surface area contributed by atoms with Gasteiger partial charge in [-0.15, -0.1) is 0 Å². The summed E-state index contributed by atoms with van der Waals surface area (Å²) in [5.74, 6) is 0. The lowest BCUT2D eigenvalue weighted by Gasteiger charge is -2.46. The molecular formula is C15H22FN. The van der Waals surface area contributed by atoms with Crippen molar-refractivity contribution in [3.8, 4) is 0 Å². The molecule has 1 heterocycles. The van der Waals surface area contributed by atoms with Crippen LogP contribution in [0.2, 0.25) is 0 Å². The van der Waals surface area contributed by atoms with Crippen molar-refractivity contribution in [2.75, 3.05) is 6.54 Å². The summed E-state index contributed by atoms with van der Waals surface area (Å²) < 4.78 is 12.7. The Morgan fingerprint density at radius 3 is 2.65 bits per heavy atom. The van der Waals surface area contributed by atoms with Crippen molar-refractivity contribution in [3.05, 3.63) is 34.9 Å². The minimum Gasteiger partial charge on any atom is -0.291 e. The maximum atomic E-state index is 12.7.